The highest BCUT2D eigenvalue weighted by atomic mass is 32.1. The molecule has 2 rings (SSSR count). The van der Waals surface area contributed by atoms with Gasteiger partial charge in [0.05, 0.1) is 13.2 Å². The summed E-state index contributed by atoms with van der Waals surface area (Å²) in [4.78, 5) is 1.32. The Hall–Kier alpha value is -0.380. The van der Waals surface area contributed by atoms with E-state index < -0.39 is 0 Å². The second kappa shape index (κ2) is 4.74. The van der Waals surface area contributed by atoms with Crippen LogP contribution < -0.4 is 5.32 Å². The lowest BCUT2D eigenvalue weighted by Crippen LogP contribution is -2.13. The topological polar surface area (TPSA) is 21.3 Å². The van der Waals surface area contributed by atoms with Crippen molar-refractivity contribution in [1.29, 1.82) is 0 Å². The van der Waals surface area contributed by atoms with Crippen LogP contribution in [0.5, 0.6) is 0 Å². The normalized spacial score (nSPS) is 22.3. The van der Waals surface area contributed by atoms with Crippen molar-refractivity contribution >= 4 is 11.3 Å². The number of rotatable bonds is 4. The molecule has 0 spiro atoms. The largest absolute Gasteiger partial charge is 0.376 e. The summed E-state index contributed by atoms with van der Waals surface area (Å²) in [5.74, 6) is 0.736. The fraction of sp³-hybridized carbons (Fsp3) is 0.600. The Morgan fingerprint density at radius 1 is 1.62 bits per heavy atom. The predicted molar refractivity (Wildman–Crippen MR) is 55.0 cm³/mol. The maximum Gasteiger partial charge on any atom is 0.0809 e. The van der Waals surface area contributed by atoms with Gasteiger partial charge in [0, 0.05) is 11.4 Å². The summed E-state index contributed by atoms with van der Waals surface area (Å²) in [6.07, 6.45) is 1.27. The molecular weight excluding hydrogens is 182 g/mol. The Bertz CT molecular complexity index is 229. The van der Waals surface area contributed by atoms with Crippen molar-refractivity contribution in [1.82, 2.24) is 5.32 Å². The SMILES string of the molecule is c1csc(COCC2CCNC2)c1. The van der Waals surface area contributed by atoms with Crippen LogP contribution in [0, 0.1) is 5.92 Å². The molecule has 1 atom stereocenters. The first-order valence-corrected chi connectivity index (χ1v) is 5.64. The molecule has 1 N–H and O–H groups in total. The molecule has 1 aromatic rings. The number of hydrogen-bond acceptors (Lipinski definition) is 3. The maximum atomic E-state index is 5.63. The predicted octanol–water partition coefficient (Wildman–Crippen LogP) is 1.87. The number of nitrogens with one attached hydrogen (secondary N) is 1. The molecule has 1 aromatic heterocycles. The summed E-state index contributed by atoms with van der Waals surface area (Å²) in [5, 5.41) is 5.43. The summed E-state index contributed by atoms with van der Waals surface area (Å²) in [6, 6.07) is 4.19. The third-order valence-electron chi connectivity index (χ3n) is 2.34. The van der Waals surface area contributed by atoms with Crippen LogP contribution in [-0.2, 0) is 11.3 Å². The van der Waals surface area contributed by atoms with Gasteiger partial charge in [0.2, 0.25) is 0 Å². The molecule has 3 heteroatoms. The fourth-order valence-corrected chi connectivity index (χ4v) is 2.22. The Labute approximate surface area is 82.9 Å². The molecule has 2 heterocycles. The van der Waals surface area contributed by atoms with Crippen molar-refractivity contribution in [2.45, 2.75) is 13.0 Å². The van der Waals surface area contributed by atoms with Crippen LogP contribution in [0.25, 0.3) is 0 Å². The quantitative estimate of drug-likeness (QED) is 0.795. The minimum Gasteiger partial charge on any atom is -0.376 e. The molecular formula is C10H15NOS. The Morgan fingerprint density at radius 3 is 3.31 bits per heavy atom. The number of ether oxygens (including phenoxy) is 1. The van der Waals surface area contributed by atoms with Crippen LogP contribution in [0.4, 0.5) is 0 Å². The van der Waals surface area contributed by atoms with Crippen molar-refractivity contribution in [3.05, 3.63) is 22.4 Å². The number of thiophene rings is 1. The van der Waals surface area contributed by atoms with Gasteiger partial charge in [-0.15, -0.1) is 11.3 Å². The molecule has 0 amide bonds. The highest BCUT2D eigenvalue weighted by Crippen LogP contribution is 2.12. The van der Waals surface area contributed by atoms with Crippen molar-refractivity contribution in [2.24, 2.45) is 5.92 Å². The minimum absolute atomic E-state index is 0.736. The van der Waals surface area contributed by atoms with Gasteiger partial charge in [0.15, 0.2) is 0 Å². The van der Waals surface area contributed by atoms with Crippen LogP contribution >= 0.6 is 11.3 Å². The van der Waals surface area contributed by atoms with Crippen molar-refractivity contribution in [2.75, 3.05) is 19.7 Å². The number of hydrogen-bond donors (Lipinski definition) is 1. The molecule has 2 nitrogen and oxygen atoms in total. The average molecular weight is 197 g/mol. The molecule has 0 aromatic carbocycles. The van der Waals surface area contributed by atoms with E-state index in [0.717, 1.165) is 32.2 Å². The van der Waals surface area contributed by atoms with Gasteiger partial charge in [-0.3, -0.25) is 0 Å². The molecule has 1 fully saturated rings. The third-order valence-corrected chi connectivity index (χ3v) is 3.19. The van der Waals surface area contributed by atoms with Gasteiger partial charge < -0.3 is 10.1 Å². The third kappa shape index (κ3) is 2.79. The van der Waals surface area contributed by atoms with E-state index in [0.29, 0.717) is 0 Å². The van der Waals surface area contributed by atoms with Gasteiger partial charge in [-0.05, 0) is 30.3 Å². The van der Waals surface area contributed by atoms with E-state index in [1.165, 1.54) is 11.3 Å². The van der Waals surface area contributed by atoms with Crippen molar-refractivity contribution in [3.63, 3.8) is 0 Å². The minimum atomic E-state index is 0.736. The van der Waals surface area contributed by atoms with E-state index in [-0.39, 0.29) is 0 Å². The smallest absolute Gasteiger partial charge is 0.0809 e. The highest BCUT2D eigenvalue weighted by molar-refractivity contribution is 7.09. The Balaban J connectivity index is 1.63. The van der Waals surface area contributed by atoms with Crippen LogP contribution in [0.15, 0.2) is 17.5 Å². The molecule has 1 unspecified atom stereocenters. The van der Waals surface area contributed by atoms with Crippen molar-refractivity contribution in [3.8, 4) is 0 Å². The lowest BCUT2D eigenvalue weighted by atomic mass is 10.1. The zero-order chi connectivity index (χ0) is 8.93. The Morgan fingerprint density at radius 2 is 2.62 bits per heavy atom. The summed E-state index contributed by atoms with van der Waals surface area (Å²) in [6.45, 7) is 3.98. The van der Waals surface area contributed by atoms with E-state index in [2.05, 4.69) is 22.8 Å². The fourth-order valence-electron chi connectivity index (χ4n) is 1.58. The van der Waals surface area contributed by atoms with Gasteiger partial charge in [-0.25, -0.2) is 0 Å². The lowest BCUT2D eigenvalue weighted by Gasteiger charge is -2.07. The van der Waals surface area contributed by atoms with Crippen LogP contribution in [-0.4, -0.2) is 19.7 Å². The molecule has 13 heavy (non-hydrogen) atoms. The van der Waals surface area contributed by atoms with E-state index in [9.17, 15) is 0 Å². The Kier molecular flexibility index (Phi) is 3.35. The van der Waals surface area contributed by atoms with Crippen LogP contribution in [0.3, 0.4) is 0 Å². The van der Waals surface area contributed by atoms with Gasteiger partial charge in [-0.2, -0.15) is 0 Å². The van der Waals surface area contributed by atoms with E-state index in [1.54, 1.807) is 11.3 Å². The molecule has 0 saturated carbocycles. The summed E-state index contributed by atoms with van der Waals surface area (Å²) >= 11 is 1.76. The second-order valence-corrected chi connectivity index (χ2v) is 4.49. The average Bonchev–Trinajstić information content (AvgIpc) is 2.75. The highest BCUT2D eigenvalue weighted by Gasteiger charge is 2.13. The molecule has 0 aliphatic carbocycles. The second-order valence-electron chi connectivity index (χ2n) is 3.45. The maximum absolute atomic E-state index is 5.63. The molecule has 72 valence electrons. The van der Waals surface area contributed by atoms with Crippen molar-refractivity contribution < 1.29 is 4.74 Å². The molecule has 0 bridgehead atoms. The summed E-state index contributed by atoms with van der Waals surface area (Å²) < 4.78 is 5.63. The van der Waals surface area contributed by atoms with Gasteiger partial charge >= 0.3 is 0 Å². The first-order valence-electron chi connectivity index (χ1n) is 4.76. The first kappa shape index (κ1) is 9.19. The molecule has 1 aliphatic rings. The monoisotopic (exact) mass is 197 g/mol. The van der Waals surface area contributed by atoms with E-state index in [4.69, 9.17) is 4.74 Å². The summed E-state index contributed by atoms with van der Waals surface area (Å²) in [5.41, 5.74) is 0. The van der Waals surface area contributed by atoms with E-state index in [1.807, 2.05) is 0 Å². The standard InChI is InChI=1S/C10H15NOS/c1-2-10(13-5-1)8-12-7-9-3-4-11-6-9/h1-2,5,9,11H,3-4,6-8H2. The summed E-state index contributed by atoms with van der Waals surface area (Å²) in [7, 11) is 0. The van der Waals surface area contributed by atoms with Crippen LogP contribution in [0.2, 0.25) is 0 Å². The van der Waals surface area contributed by atoms with Gasteiger partial charge in [-0.1, -0.05) is 6.07 Å². The zero-order valence-corrected chi connectivity index (χ0v) is 8.48. The zero-order valence-electron chi connectivity index (χ0n) is 7.66. The lowest BCUT2D eigenvalue weighted by molar-refractivity contribution is 0.0943. The van der Waals surface area contributed by atoms with Crippen LogP contribution in [0.1, 0.15) is 11.3 Å². The van der Waals surface area contributed by atoms with E-state index >= 15 is 0 Å². The van der Waals surface area contributed by atoms with Gasteiger partial charge in [0.1, 0.15) is 0 Å². The molecule has 1 saturated heterocycles. The first-order chi connectivity index (χ1) is 6.45. The molecule has 1 aliphatic heterocycles. The van der Waals surface area contributed by atoms with Gasteiger partial charge in [0.25, 0.3) is 0 Å². The molecule has 0 radical (unpaired) electrons.